The summed E-state index contributed by atoms with van der Waals surface area (Å²) < 4.78 is 11.1. The summed E-state index contributed by atoms with van der Waals surface area (Å²) in [6, 6.07) is 10.6. The third-order valence-electron chi connectivity index (χ3n) is 4.54. The van der Waals surface area contributed by atoms with Crippen LogP contribution in [0.1, 0.15) is 48.5 Å². The van der Waals surface area contributed by atoms with Gasteiger partial charge in [-0.05, 0) is 55.5 Å². The van der Waals surface area contributed by atoms with Crippen molar-refractivity contribution in [2.24, 2.45) is 0 Å². The largest absolute Gasteiger partial charge is 0.449 e. The Bertz CT molecular complexity index is 966. The first-order valence-electron chi connectivity index (χ1n) is 9.10. The predicted octanol–water partition coefficient (Wildman–Crippen LogP) is 4.23. The molecule has 1 aliphatic heterocycles. The van der Waals surface area contributed by atoms with Crippen LogP contribution in [0.5, 0.6) is 0 Å². The minimum absolute atomic E-state index is 0.119. The van der Waals surface area contributed by atoms with Crippen molar-refractivity contribution in [3.63, 3.8) is 0 Å². The first-order valence-corrected chi connectivity index (χ1v) is 9.98. The lowest BCUT2D eigenvalue weighted by Crippen LogP contribution is -2.35. The van der Waals surface area contributed by atoms with Crippen molar-refractivity contribution in [3.8, 4) is 10.8 Å². The Morgan fingerprint density at radius 1 is 1.21 bits per heavy atom. The number of esters is 1. The molecule has 0 saturated carbocycles. The molecule has 0 spiro atoms. The van der Waals surface area contributed by atoms with Crippen LogP contribution in [0.3, 0.4) is 0 Å². The maximum absolute atomic E-state index is 12.4. The molecule has 7 nitrogen and oxygen atoms in total. The van der Waals surface area contributed by atoms with E-state index in [2.05, 4.69) is 10.2 Å². The Hall–Kier alpha value is -3.00. The number of carbonyl (C=O) groups is 2. The van der Waals surface area contributed by atoms with Crippen LogP contribution in [0.4, 0.5) is 5.69 Å². The molecular weight excluding hydrogens is 378 g/mol. The Balaban J connectivity index is 1.41. The smallest absolute Gasteiger partial charge is 0.338 e. The molecule has 0 bridgehead atoms. The molecule has 1 atom stereocenters. The van der Waals surface area contributed by atoms with Crippen molar-refractivity contribution in [3.05, 3.63) is 53.2 Å². The Morgan fingerprint density at radius 3 is 2.75 bits per heavy atom. The van der Waals surface area contributed by atoms with Crippen LogP contribution >= 0.6 is 11.3 Å². The highest BCUT2D eigenvalue weighted by atomic mass is 32.1. The number of anilines is 1. The first kappa shape index (κ1) is 18.4. The molecule has 1 amide bonds. The highest BCUT2D eigenvalue weighted by Crippen LogP contribution is 2.27. The summed E-state index contributed by atoms with van der Waals surface area (Å²) >= 11 is 1.49. The average molecular weight is 397 g/mol. The third-order valence-corrected chi connectivity index (χ3v) is 5.40. The van der Waals surface area contributed by atoms with E-state index in [4.69, 9.17) is 9.15 Å². The van der Waals surface area contributed by atoms with E-state index in [1.165, 1.54) is 11.3 Å². The summed E-state index contributed by atoms with van der Waals surface area (Å²) in [5.74, 6) is 0.281. The van der Waals surface area contributed by atoms with Gasteiger partial charge >= 0.3 is 5.97 Å². The summed E-state index contributed by atoms with van der Waals surface area (Å²) in [4.78, 5) is 27.1. The Kier molecular flexibility index (Phi) is 5.21. The van der Waals surface area contributed by atoms with E-state index < -0.39 is 12.1 Å². The summed E-state index contributed by atoms with van der Waals surface area (Å²) in [5, 5.41) is 9.89. The molecule has 0 aliphatic carbocycles. The fourth-order valence-corrected chi connectivity index (χ4v) is 3.68. The van der Waals surface area contributed by atoms with Crippen molar-refractivity contribution in [2.45, 2.75) is 32.3 Å². The first-order chi connectivity index (χ1) is 13.6. The number of hydrogen-bond acceptors (Lipinski definition) is 7. The minimum atomic E-state index is -0.669. The Labute approximate surface area is 165 Å². The summed E-state index contributed by atoms with van der Waals surface area (Å²) in [5.41, 5.74) is 1.20. The number of thiophene rings is 1. The topological polar surface area (TPSA) is 85.5 Å². The SMILES string of the molecule is CC(OC(=O)c1ccc(N2CCCCC2=O)cc1)c1nnc(-c2cccs2)o1. The number of ether oxygens (including phenoxy) is 1. The van der Waals surface area contributed by atoms with E-state index >= 15 is 0 Å². The second-order valence-corrected chi connectivity index (χ2v) is 7.47. The summed E-state index contributed by atoms with van der Waals surface area (Å²) in [6.07, 6.45) is 1.82. The van der Waals surface area contributed by atoms with Gasteiger partial charge in [0, 0.05) is 18.7 Å². The van der Waals surface area contributed by atoms with Crippen LogP contribution in [0.25, 0.3) is 10.8 Å². The molecule has 1 aromatic carbocycles. The summed E-state index contributed by atoms with van der Waals surface area (Å²) in [7, 11) is 0. The number of amides is 1. The van der Waals surface area contributed by atoms with Gasteiger partial charge in [0.15, 0.2) is 6.10 Å². The van der Waals surface area contributed by atoms with Crippen molar-refractivity contribution >= 4 is 28.9 Å². The molecule has 1 fully saturated rings. The standard InChI is InChI=1S/C20H19N3O4S/c1-13(18-21-22-19(27-18)16-5-4-12-28-16)26-20(25)14-7-9-15(10-8-14)23-11-3-2-6-17(23)24/h4-5,7-10,12-13H,2-3,6,11H2,1H3. The molecule has 1 aliphatic rings. The zero-order chi connectivity index (χ0) is 19.5. The molecule has 3 heterocycles. The molecule has 8 heteroatoms. The summed E-state index contributed by atoms with van der Waals surface area (Å²) in [6.45, 7) is 2.40. The van der Waals surface area contributed by atoms with E-state index in [9.17, 15) is 9.59 Å². The molecule has 28 heavy (non-hydrogen) atoms. The molecule has 144 valence electrons. The maximum atomic E-state index is 12.4. The van der Waals surface area contributed by atoms with E-state index in [0.29, 0.717) is 24.4 Å². The van der Waals surface area contributed by atoms with E-state index in [-0.39, 0.29) is 11.8 Å². The fourth-order valence-electron chi connectivity index (χ4n) is 3.03. The molecule has 1 saturated heterocycles. The zero-order valence-electron chi connectivity index (χ0n) is 15.3. The lowest BCUT2D eigenvalue weighted by Gasteiger charge is -2.26. The van der Waals surface area contributed by atoms with Crippen LogP contribution in [0.2, 0.25) is 0 Å². The molecule has 3 aromatic rings. The van der Waals surface area contributed by atoms with Gasteiger partial charge in [0.25, 0.3) is 11.8 Å². The molecule has 0 radical (unpaired) electrons. The van der Waals surface area contributed by atoms with Crippen molar-refractivity contribution in [1.82, 2.24) is 10.2 Å². The maximum Gasteiger partial charge on any atom is 0.338 e. The second kappa shape index (κ2) is 7.93. The van der Waals surface area contributed by atoms with Gasteiger partial charge in [-0.1, -0.05) is 6.07 Å². The van der Waals surface area contributed by atoms with E-state index in [1.54, 1.807) is 36.1 Å². The van der Waals surface area contributed by atoms with Crippen LogP contribution in [-0.2, 0) is 9.53 Å². The highest BCUT2D eigenvalue weighted by molar-refractivity contribution is 7.13. The predicted molar refractivity (Wildman–Crippen MR) is 104 cm³/mol. The van der Waals surface area contributed by atoms with Crippen LogP contribution < -0.4 is 4.90 Å². The van der Waals surface area contributed by atoms with Crippen molar-refractivity contribution in [2.75, 3.05) is 11.4 Å². The number of benzene rings is 1. The lowest BCUT2D eigenvalue weighted by molar-refractivity contribution is -0.119. The number of aromatic nitrogens is 2. The van der Waals surface area contributed by atoms with Gasteiger partial charge in [-0.15, -0.1) is 21.5 Å². The highest BCUT2D eigenvalue weighted by Gasteiger charge is 2.22. The van der Waals surface area contributed by atoms with Gasteiger partial charge in [0.2, 0.25) is 5.91 Å². The zero-order valence-corrected chi connectivity index (χ0v) is 16.1. The van der Waals surface area contributed by atoms with Crippen LogP contribution in [0.15, 0.2) is 46.2 Å². The van der Waals surface area contributed by atoms with Crippen LogP contribution in [0, 0.1) is 0 Å². The number of hydrogen-bond donors (Lipinski definition) is 0. The van der Waals surface area contributed by atoms with Crippen molar-refractivity contribution in [1.29, 1.82) is 0 Å². The quantitative estimate of drug-likeness (QED) is 0.599. The number of piperidine rings is 1. The Morgan fingerprint density at radius 2 is 2.04 bits per heavy atom. The van der Waals surface area contributed by atoms with Gasteiger partial charge in [-0.25, -0.2) is 4.79 Å². The number of nitrogens with zero attached hydrogens (tertiary/aromatic N) is 3. The fraction of sp³-hybridized carbons (Fsp3) is 0.300. The van der Waals surface area contributed by atoms with Gasteiger partial charge in [-0.2, -0.15) is 0 Å². The molecule has 4 rings (SSSR count). The monoisotopic (exact) mass is 397 g/mol. The third kappa shape index (κ3) is 3.82. The second-order valence-electron chi connectivity index (χ2n) is 6.52. The van der Waals surface area contributed by atoms with Gasteiger partial charge in [0.1, 0.15) is 0 Å². The van der Waals surface area contributed by atoms with E-state index in [1.807, 2.05) is 17.5 Å². The number of rotatable bonds is 5. The van der Waals surface area contributed by atoms with Gasteiger partial charge in [-0.3, -0.25) is 4.79 Å². The van der Waals surface area contributed by atoms with Gasteiger partial charge < -0.3 is 14.1 Å². The lowest BCUT2D eigenvalue weighted by atomic mass is 10.1. The molecule has 2 aromatic heterocycles. The normalized spacial score (nSPS) is 15.5. The van der Waals surface area contributed by atoms with E-state index in [0.717, 1.165) is 23.4 Å². The van der Waals surface area contributed by atoms with Gasteiger partial charge in [0.05, 0.1) is 10.4 Å². The molecular formula is C20H19N3O4S. The van der Waals surface area contributed by atoms with Crippen molar-refractivity contribution < 1.29 is 18.7 Å². The number of carbonyl (C=O) groups excluding carboxylic acids is 2. The molecule has 0 N–H and O–H groups in total. The average Bonchev–Trinajstić information content (AvgIpc) is 3.40. The van der Waals surface area contributed by atoms with Crippen LogP contribution in [-0.4, -0.2) is 28.6 Å². The molecule has 1 unspecified atom stereocenters. The minimum Gasteiger partial charge on any atom is -0.449 e.